The molecule has 0 aliphatic heterocycles. The fourth-order valence-corrected chi connectivity index (χ4v) is 3.74. The molecular formula is C19H25N7O2S. The molecule has 0 unspecified atom stereocenters. The van der Waals surface area contributed by atoms with E-state index in [2.05, 4.69) is 25.6 Å². The second-order valence-electron chi connectivity index (χ2n) is 6.61. The first kappa shape index (κ1) is 21.0. The van der Waals surface area contributed by atoms with Crippen molar-refractivity contribution >= 4 is 23.4 Å². The molecule has 0 aromatic carbocycles. The predicted molar refractivity (Wildman–Crippen MR) is 112 cm³/mol. The van der Waals surface area contributed by atoms with Gasteiger partial charge in [-0.25, -0.2) is 0 Å². The summed E-state index contributed by atoms with van der Waals surface area (Å²) in [4.78, 5) is 16.8. The van der Waals surface area contributed by atoms with Crippen LogP contribution in [0.25, 0.3) is 11.4 Å². The number of rotatable bonds is 8. The number of anilines is 1. The molecule has 0 saturated carbocycles. The Morgan fingerprint density at radius 1 is 1.28 bits per heavy atom. The molecule has 10 heteroatoms. The van der Waals surface area contributed by atoms with Crippen LogP contribution in [-0.2, 0) is 23.1 Å². The fraction of sp³-hybridized carbons (Fsp3) is 0.421. The molecule has 0 spiro atoms. The number of carbonyl (C=O) groups is 1. The average molecular weight is 416 g/mol. The van der Waals surface area contributed by atoms with Crippen LogP contribution >= 0.6 is 11.8 Å². The van der Waals surface area contributed by atoms with Crippen LogP contribution in [0, 0.1) is 13.8 Å². The highest BCUT2D eigenvalue weighted by molar-refractivity contribution is 8.00. The number of hydrogen-bond donors (Lipinski definition) is 1. The van der Waals surface area contributed by atoms with Gasteiger partial charge in [0.25, 0.3) is 0 Å². The zero-order valence-corrected chi connectivity index (χ0v) is 18.0. The molecule has 1 amide bonds. The van der Waals surface area contributed by atoms with Gasteiger partial charge in [0.05, 0.1) is 35.5 Å². The van der Waals surface area contributed by atoms with Crippen LogP contribution in [-0.4, -0.2) is 54.4 Å². The van der Waals surface area contributed by atoms with Gasteiger partial charge in [-0.15, -0.1) is 10.2 Å². The standard InChI is InChI=1S/C19H25N7O2S/c1-12-16(13(2)25(4)24-12)21-18(27)14(3)29-19-23-22-17(26(19)10-11-28-5)15-6-8-20-9-7-15/h6-9,14H,10-11H2,1-5H3,(H,21,27)/t14-/m0/s1. The van der Waals surface area contributed by atoms with Gasteiger partial charge in [-0.1, -0.05) is 11.8 Å². The van der Waals surface area contributed by atoms with Gasteiger partial charge in [-0.3, -0.25) is 19.0 Å². The van der Waals surface area contributed by atoms with Gasteiger partial charge in [0.1, 0.15) is 0 Å². The molecule has 0 saturated heterocycles. The number of aromatic nitrogens is 6. The Morgan fingerprint density at radius 3 is 2.62 bits per heavy atom. The van der Waals surface area contributed by atoms with Gasteiger partial charge < -0.3 is 10.1 Å². The van der Waals surface area contributed by atoms with E-state index < -0.39 is 0 Å². The van der Waals surface area contributed by atoms with Crippen molar-refractivity contribution in [1.82, 2.24) is 29.5 Å². The lowest BCUT2D eigenvalue weighted by molar-refractivity contribution is -0.115. The molecule has 3 aromatic rings. The molecular weight excluding hydrogens is 390 g/mol. The fourth-order valence-electron chi connectivity index (χ4n) is 2.87. The Hall–Kier alpha value is -2.72. The van der Waals surface area contributed by atoms with Crippen molar-refractivity contribution in [2.75, 3.05) is 19.0 Å². The highest BCUT2D eigenvalue weighted by Crippen LogP contribution is 2.28. The van der Waals surface area contributed by atoms with E-state index in [1.165, 1.54) is 11.8 Å². The van der Waals surface area contributed by atoms with Crippen molar-refractivity contribution in [1.29, 1.82) is 0 Å². The Balaban J connectivity index is 1.79. The summed E-state index contributed by atoms with van der Waals surface area (Å²) in [5.41, 5.74) is 3.37. The van der Waals surface area contributed by atoms with E-state index in [1.54, 1.807) is 24.2 Å². The summed E-state index contributed by atoms with van der Waals surface area (Å²) in [6.45, 7) is 6.75. The Morgan fingerprint density at radius 2 is 2.00 bits per heavy atom. The lowest BCUT2D eigenvalue weighted by atomic mass is 10.2. The van der Waals surface area contributed by atoms with Crippen LogP contribution in [0.5, 0.6) is 0 Å². The van der Waals surface area contributed by atoms with Gasteiger partial charge >= 0.3 is 0 Å². The Labute approximate surface area is 173 Å². The van der Waals surface area contributed by atoms with Crippen molar-refractivity contribution < 1.29 is 9.53 Å². The van der Waals surface area contributed by atoms with E-state index in [-0.39, 0.29) is 11.2 Å². The molecule has 154 valence electrons. The quantitative estimate of drug-likeness (QED) is 0.564. The summed E-state index contributed by atoms with van der Waals surface area (Å²) < 4.78 is 8.96. The van der Waals surface area contributed by atoms with Crippen LogP contribution in [0.15, 0.2) is 29.7 Å². The lowest BCUT2D eigenvalue weighted by Gasteiger charge is -2.14. The molecule has 3 aromatic heterocycles. The van der Waals surface area contributed by atoms with Gasteiger partial charge in [0.2, 0.25) is 5.91 Å². The van der Waals surface area contributed by atoms with Crippen molar-refractivity contribution in [2.24, 2.45) is 7.05 Å². The molecule has 0 aliphatic carbocycles. The minimum absolute atomic E-state index is 0.110. The van der Waals surface area contributed by atoms with Crippen molar-refractivity contribution in [3.63, 3.8) is 0 Å². The van der Waals surface area contributed by atoms with Crippen LogP contribution < -0.4 is 5.32 Å². The largest absolute Gasteiger partial charge is 0.383 e. The third-order valence-electron chi connectivity index (χ3n) is 4.58. The van der Waals surface area contributed by atoms with Crippen LogP contribution in [0.2, 0.25) is 0 Å². The van der Waals surface area contributed by atoms with E-state index in [1.807, 2.05) is 44.5 Å². The van der Waals surface area contributed by atoms with Gasteiger partial charge in [-0.05, 0) is 32.9 Å². The van der Waals surface area contributed by atoms with E-state index >= 15 is 0 Å². The lowest BCUT2D eigenvalue weighted by Crippen LogP contribution is -2.23. The molecule has 9 nitrogen and oxygen atoms in total. The monoisotopic (exact) mass is 415 g/mol. The number of hydrogen-bond acceptors (Lipinski definition) is 7. The molecule has 0 radical (unpaired) electrons. The summed E-state index contributed by atoms with van der Waals surface area (Å²) >= 11 is 1.36. The summed E-state index contributed by atoms with van der Waals surface area (Å²) in [7, 11) is 3.51. The second kappa shape index (κ2) is 9.19. The third-order valence-corrected chi connectivity index (χ3v) is 5.66. The maximum absolute atomic E-state index is 12.8. The third kappa shape index (κ3) is 4.65. The predicted octanol–water partition coefficient (Wildman–Crippen LogP) is 2.46. The van der Waals surface area contributed by atoms with Gasteiger partial charge in [0, 0.05) is 32.1 Å². The number of ether oxygens (including phenoxy) is 1. The molecule has 3 heterocycles. The first-order valence-corrected chi connectivity index (χ1v) is 10.1. The molecule has 0 aliphatic rings. The van der Waals surface area contributed by atoms with Crippen LogP contribution in [0.1, 0.15) is 18.3 Å². The number of carbonyl (C=O) groups excluding carboxylic acids is 1. The highest BCUT2D eigenvalue weighted by Gasteiger charge is 2.22. The smallest absolute Gasteiger partial charge is 0.237 e. The zero-order chi connectivity index (χ0) is 21.0. The number of methoxy groups -OCH3 is 1. The van der Waals surface area contributed by atoms with Gasteiger partial charge in [-0.2, -0.15) is 5.10 Å². The average Bonchev–Trinajstić information content (AvgIpc) is 3.22. The van der Waals surface area contributed by atoms with Crippen molar-refractivity contribution in [3.8, 4) is 11.4 Å². The second-order valence-corrected chi connectivity index (χ2v) is 7.91. The molecule has 29 heavy (non-hydrogen) atoms. The number of nitrogens with one attached hydrogen (secondary N) is 1. The number of nitrogens with zero attached hydrogens (tertiary/aromatic N) is 6. The topological polar surface area (TPSA) is 99.8 Å². The minimum atomic E-state index is -0.371. The highest BCUT2D eigenvalue weighted by atomic mass is 32.2. The normalized spacial score (nSPS) is 12.2. The number of pyridine rings is 1. The summed E-state index contributed by atoms with van der Waals surface area (Å²) in [6, 6.07) is 3.76. The first-order chi connectivity index (χ1) is 13.9. The summed E-state index contributed by atoms with van der Waals surface area (Å²) in [6.07, 6.45) is 3.43. The number of amides is 1. The van der Waals surface area contributed by atoms with Crippen LogP contribution in [0.3, 0.4) is 0 Å². The van der Waals surface area contributed by atoms with Crippen molar-refractivity contribution in [2.45, 2.75) is 37.7 Å². The molecule has 0 fully saturated rings. The molecule has 3 rings (SSSR count). The number of thioether (sulfide) groups is 1. The zero-order valence-electron chi connectivity index (χ0n) is 17.2. The summed E-state index contributed by atoms with van der Waals surface area (Å²) in [5.74, 6) is 0.611. The van der Waals surface area contributed by atoms with E-state index in [0.29, 0.717) is 18.3 Å². The summed E-state index contributed by atoms with van der Waals surface area (Å²) in [5, 5.41) is 16.3. The first-order valence-electron chi connectivity index (χ1n) is 9.22. The Kier molecular flexibility index (Phi) is 6.65. The molecule has 1 atom stereocenters. The van der Waals surface area contributed by atoms with E-state index in [4.69, 9.17) is 4.74 Å². The SMILES string of the molecule is COCCn1c(S[C@@H](C)C(=O)Nc2c(C)nn(C)c2C)nnc1-c1ccncc1. The van der Waals surface area contributed by atoms with E-state index in [0.717, 1.165) is 28.5 Å². The van der Waals surface area contributed by atoms with Crippen molar-refractivity contribution in [3.05, 3.63) is 35.9 Å². The minimum Gasteiger partial charge on any atom is -0.383 e. The number of aryl methyl sites for hydroxylation is 2. The van der Waals surface area contributed by atoms with Crippen LogP contribution in [0.4, 0.5) is 5.69 Å². The maximum Gasteiger partial charge on any atom is 0.237 e. The molecule has 1 N–H and O–H groups in total. The maximum atomic E-state index is 12.8. The van der Waals surface area contributed by atoms with Gasteiger partial charge in [0.15, 0.2) is 11.0 Å². The Bertz CT molecular complexity index is 984. The van der Waals surface area contributed by atoms with E-state index in [9.17, 15) is 4.79 Å². The molecule has 0 bridgehead atoms.